The molecule has 2 aromatic rings. The van der Waals surface area contributed by atoms with Crippen molar-refractivity contribution >= 4 is 5.78 Å². The Kier molecular flexibility index (Phi) is 3.17. The summed E-state index contributed by atoms with van der Waals surface area (Å²) in [5.41, 5.74) is 3.25. The fourth-order valence-corrected chi connectivity index (χ4v) is 2.61. The highest BCUT2D eigenvalue weighted by Crippen LogP contribution is 2.18. The molecule has 3 rings (SSSR count). The molecule has 1 aromatic carbocycles. The Balaban J connectivity index is 1.83. The minimum absolute atomic E-state index is 0.133. The largest absolute Gasteiger partial charge is 0.303 e. The zero-order valence-corrected chi connectivity index (χ0v) is 11.0. The van der Waals surface area contributed by atoms with E-state index in [-0.39, 0.29) is 11.8 Å². The van der Waals surface area contributed by atoms with Gasteiger partial charge in [0.05, 0.1) is 6.04 Å². The molecule has 0 fully saturated rings. The van der Waals surface area contributed by atoms with Gasteiger partial charge < -0.3 is 5.32 Å². The van der Waals surface area contributed by atoms with Crippen LogP contribution in [-0.2, 0) is 19.5 Å². The summed E-state index contributed by atoms with van der Waals surface area (Å²) in [5, 5.41) is 7.49. The van der Waals surface area contributed by atoms with Gasteiger partial charge in [-0.05, 0) is 30.5 Å². The molecule has 2 heterocycles. The Bertz CT molecular complexity index is 603. The van der Waals surface area contributed by atoms with Crippen LogP contribution in [0.3, 0.4) is 0 Å². The predicted octanol–water partition coefficient (Wildman–Crippen LogP) is 1.80. The second kappa shape index (κ2) is 4.97. The summed E-state index contributed by atoms with van der Waals surface area (Å²) < 4.78 is 1.75. The first-order valence-electron chi connectivity index (χ1n) is 6.65. The third-order valence-corrected chi connectivity index (χ3v) is 3.67. The van der Waals surface area contributed by atoms with Crippen molar-refractivity contribution in [2.45, 2.75) is 32.5 Å². The number of carbonyl (C=O) groups excluding carboxylic acids is 1. The van der Waals surface area contributed by atoms with E-state index < -0.39 is 0 Å². The number of Topliss-reactive ketones (excluding diaryl/α,β-unsaturated/α-hetero) is 1. The number of nitrogens with one attached hydrogen (secondary N) is 1. The molecule has 1 aliphatic heterocycles. The molecular weight excluding hydrogens is 238 g/mol. The molecule has 0 saturated heterocycles. The van der Waals surface area contributed by atoms with E-state index in [2.05, 4.69) is 22.5 Å². The van der Waals surface area contributed by atoms with E-state index in [9.17, 15) is 4.79 Å². The van der Waals surface area contributed by atoms with Crippen LogP contribution in [0.25, 0.3) is 0 Å². The van der Waals surface area contributed by atoms with E-state index >= 15 is 0 Å². The van der Waals surface area contributed by atoms with Crippen molar-refractivity contribution in [2.75, 3.05) is 0 Å². The Morgan fingerprint density at radius 3 is 2.95 bits per heavy atom. The molecule has 4 nitrogen and oxygen atoms in total. The van der Waals surface area contributed by atoms with E-state index in [1.807, 2.05) is 19.1 Å². The van der Waals surface area contributed by atoms with Gasteiger partial charge in [0.15, 0.2) is 5.78 Å². The Morgan fingerprint density at radius 2 is 2.16 bits per heavy atom. The van der Waals surface area contributed by atoms with Crippen LogP contribution in [0.15, 0.2) is 36.5 Å². The molecule has 0 bridgehead atoms. The van der Waals surface area contributed by atoms with Crippen LogP contribution >= 0.6 is 0 Å². The number of hydrogen-bond acceptors (Lipinski definition) is 3. The number of benzene rings is 1. The zero-order valence-electron chi connectivity index (χ0n) is 11.0. The lowest BCUT2D eigenvalue weighted by molar-refractivity contribution is 0.0927. The van der Waals surface area contributed by atoms with Crippen molar-refractivity contribution in [3.8, 4) is 0 Å². The minimum atomic E-state index is -0.142. The van der Waals surface area contributed by atoms with Crippen LogP contribution in [0.1, 0.15) is 28.5 Å². The quantitative estimate of drug-likeness (QED) is 0.851. The van der Waals surface area contributed by atoms with Gasteiger partial charge in [0, 0.05) is 19.3 Å². The van der Waals surface area contributed by atoms with Gasteiger partial charge >= 0.3 is 0 Å². The van der Waals surface area contributed by atoms with Crippen molar-refractivity contribution in [1.82, 2.24) is 15.1 Å². The topological polar surface area (TPSA) is 46.9 Å². The van der Waals surface area contributed by atoms with E-state index in [1.165, 1.54) is 11.1 Å². The molecule has 98 valence electrons. The molecule has 19 heavy (non-hydrogen) atoms. The van der Waals surface area contributed by atoms with Crippen molar-refractivity contribution in [2.24, 2.45) is 0 Å². The van der Waals surface area contributed by atoms with Gasteiger partial charge in [-0.1, -0.05) is 24.3 Å². The fraction of sp³-hybridized carbons (Fsp3) is 0.333. The number of ketones is 1. The molecule has 1 aromatic heterocycles. The van der Waals surface area contributed by atoms with Crippen LogP contribution in [0, 0.1) is 0 Å². The average Bonchev–Trinajstić information content (AvgIpc) is 2.94. The lowest BCUT2D eigenvalue weighted by Gasteiger charge is -2.25. The normalized spacial score (nSPS) is 18.1. The van der Waals surface area contributed by atoms with Gasteiger partial charge in [-0.2, -0.15) is 5.10 Å². The second-order valence-electron chi connectivity index (χ2n) is 4.80. The molecule has 0 spiro atoms. The summed E-state index contributed by atoms with van der Waals surface area (Å²) in [7, 11) is 0. The highest BCUT2D eigenvalue weighted by atomic mass is 16.1. The first kappa shape index (κ1) is 12.1. The van der Waals surface area contributed by atoms with Gasteiger partial charge in [0.1, 0.15) is 5.69 Å². The van der Waals surface area contributed by atoms with Crippen molar-refractivity contribution in [1.29, 1.82) is 0 Å². The third kappa shape index (κ3) is 2.19. The number of rotatable bonds is 3. The lowest BCUT2D eigenvalue weighted by Crippen LogP contribution is -2.42. The molecule has 0 radical (unpaired) electrons. The summed E-state index contributed by atoms with van der Waals surface area (Å²) >= 11 is 0. The average molecular weight is 255 g/mol. The summed E-state index contributed by atoms with van der Waals surface area (Å²) in [6.07, 6.45) is 2.44. The van der Waals surface area contributed by atoms with Gasteiger partial charge in [-0.15, -0.1) is 0 Å². The van der Waals surface area contributed by atoms with Crippen molar-refractivity contribution in [3.05, 3.63) is 53.3 Å². The van der Waals surface area contributed by atoms with Crippen LogP contribution in [0.5, 0.6) is 0 Å². The van der Waals surface area contributed by atoms with E-state index in [1.54, 1.807) is 16.9 Å². The molecular formula is C15H17N3O. The van der Waals surface area contributed by atoms with Crippen LogP contribution in [0.2, 0.25) is 0 Å². The highest BCUT2D eigenvalue weighted by molar-refractivity contribution is 5.99. The number of aromatic nitrogens is 2. The lowest BCUT2D eigenvalue weighted by atomic mass is 9.93. The number of aryl methyl sites for hydroxylation is 1. The minimum Gasteiger partial charge on any atom is -0.303 e. The second-order valence-corrected chi connectivity index (χ2v) is 4.80. The van der Waals surface area contributed by atoms with E-state index in [4.69, 9.17) is 0 Å². The molecule has 1 atom stereocenters. The molecule has 1 aliphatic rings. The van der Waals surface area contributed by atoms with Gasteiger partial charge in [-0.25, -0.2) is 0 Å². The maximum atomic E-state index is 12.5. The maximum Gasteiger partial charge on any atom is 0.198 e. The molecule has 0 amide bonds. The smallest absolute Gasteiger partial charge is 0.198 e. The van der Waals surface area contributed by atoms with Crippen LogP contribution in [-0.4, -0.2) is 21.6 Å². The summed E-state index contributed by atoms with van der Waals surface area (Å²) in [5.74, 6) is 0.133. The zero-order chi connectivity index (χ0) is 13.2. The van der Waals surface area contributed by atoms with Crippen molar-refractivity contribution in [3.63, 3.8) is 0 Å². The standard InChI is InChI=1S/C15H17N3O/c1-2-18-14(7-8-17-18)15(19)13-9-11-5-3-4-6-12(11)10-16-13/h3-8,13,16H,2,9-10H2,1H3. The first-order chi connectivity index (χ1) is 9.29. The summed E-state index contributed by atoms with van der Waals surface area (Å²) in [4.78, 5) is 12.5. The molecule has 0 saturated carbocycles. The molecule has 0 aliphatic carbocycles. The van der Waals surface area contributed by atoms with Crippen LogP contribution in [0.4, 0.5) is 0 Å². The Labute approximate surface area is 112 Å². The number of hydrogen-bond donors (Lipinski definition) is 1. The number of fused-ring (bicyclic) bond motifs is 1. The van der Waals surface area contributed by atoms with E-state index in [0.717, 1.165) is 19.5 Å². The monoisotopic (exact) mass is 255 g/mol. The molecule has 1 unspecified atom stereocenters. The fourth-order valence-electron chi connectivity index (χ4n) is 2.61. The summed E-state index contributed by atoms with van der Waals surface area (Å²) in [6.45, 7) is 3.47. The number of carbonyl (C=O) groups is 1. The SMILES string of the molecule is CCn1nccc1C(=O)C1Cc2ccccc2CN1. The Hall–Kier alpha value is -1.94. The first-order valence-corrected chi connectivity index (χ1v) is 6.65. The van der Waals surface area contributed by atoms with Crippen LogP contribution < -0.4 is 5.32 Å². The maximum absolute atomic E-state index is 12.5. The Morgan fingerprint density at radius 1 is 1.37 bits per heavy atom. The van der Waals surface area contributed by atoms with Gasteiger partial charge in [-0.3, -0.25) is 9.48 Å². The van der Waals surface area contributed by atoms with E-state index in [0.29, 0.717) is 5.69 Å². The number of nitrogens with zero attached hydrogens (tertiary/aromatic N) is 2. The third-order valence-electron chi connectivity index (χ3n) is 3.67. The summed E-state index contributed by atoms with van der Waals surface area (Å²) in [6, 6.07) is 9.94. The molecule has 4 heteroatoms. The van der Waals surface area contributed by atoms with Gasteiger partial charge in [0.2, 0.25) is 0 Å². The highest BCUT2D eigenvalue weighted by Gasteiger charge is 2.26. The van der Waals surface area contributed by atoms with Crippen molar-refractivity contribution < 1.29 is 4.79 Å². The predicted molar refractivity (Wildman–Crippen MR) is 73.0 cm³/mol. The molecule has 1 N–H and O–H groups in total. The van der Waals surface area contributed by atoms with Gasteiger partial charge in [0.25, 0.3) is 0 Å².